The van der Waals surface area contributed by atoms with Crippen LogP contribution in [0.25, 0.3) is 10.9 Å². The van der Waals surface area contributed by atoms with E-state index in [1.165, 1.54) is 0 Å². The highest BCUT2D eigenvalue weighted by molar-refractivity contribution is 6.35. The summed E-state index contributed by atoms with van der Waals surface area (Å²) in [4.78, 5) is 4.33. The Morgan fingerprint density at radius 1 is 1.05 bits per heavy atom. The van der Waals surface area contributed by atoms with Gasteiger partial charge in [0.05, 0.1) is 27.5 Å². The van der Waals surface area contributed by atoms with E-state index in [4.69, 9.17) is 23.2 Å². The van der Waals surface area contributed by atoms with Crippen molar-refractivity contribution in [1.29, 1.82) is 0 Å². The van der Waals surface area contributed by atoms with Gasteiger partial charge in [-0.15, -0.1) is 0 Å². The first-order chi connectivity index (χ1) is 10.2. The average molecular weight is 316 g/mol. The van der Waals surface area contributed by atoms with Crippen LogP contribution >= 0.6 is 23.2 Å². The minimum Gasteiger partial charge on any atom is -0.279 e. The summed E-state index contributed by atoms with van der Waals surface area (Å²) in [6.07, 6.45) is 3.26. The van der Waals surface area contributed by atoms with Crippen molar-refractivity contribution in [3.8, 4) is 0 Å². The fourth-order valence-electron chi connectivity index (χ4n) is 1.98. The van der Waals surface area contributed by atoms with E-state index in [2.05, 4.69) is 15.5 Å². The van der Waals surface area contributed by atoms with Crippen LogP contribution in [0.3, 0.4) is 0 Å². The summed E-state index contributed by atoms with van der Waals surface area (Å²) in [7, 11) is 0. The molecule has 3 nitrogen and oxygen atoms in total. The molecule has 2 aromatic carbocycles. The molecule has 0 atom stereocenters. The number of aromatic nitrogens is 1. The van der Waals surface area contributed by atoms with Gasteiger partial charge in [-0.25, -0.2) is 0 Å². The predicted octanol–water partition coefficient (Wildman–Crippen LogP) is 4.99. The number of hydrazone groups is 1. The number of rotatable bonds is 3. The van der Waals surface area contributed by atoms with E-state index in [0.29, 0.717) is 10.0 Å². The maximum absolute atomic E-state index is 6.23. The number of nitrogens with zero attached hydrogens (tertiary/aromatic N) is 2. The molecule has 5 heteroatoms. The number of fused-ring (bicyclic) bond motifs is 1. The van der Waals surface area contributed by atoms with Gasteiger partial charge < -0.3 is 0 Å². The normalized spacial score (nSPS) is 11.1. The Morgan fingerprint density at radius 3 is 2.67 bits per heavy atom. The SMILES string of the molecule is Clc1cnc2c(C=NNc3ccccc3)c(Cl)ccc2c1. The van der Waals surface area contributed by atoms with Gasteiger partial charge in [0.2, 0.25) is 0 Å². The van der Waals surface area contributed by atoms with Crippen LogP contribution in [-0.2, 0) is 0 Å². The van der Waals surface area contributed by atoms with Gasteiger partial charge in [-0.1, -0.05) is 47.5 Å². The molecule has 0 saturated carbocycles. The third-order valence-corrected chi connectivity index (χ3v) is 3.50. The van der Waals surface area contributed by atoms with Crippen molar-refractivity contribution in [2.75, 3.05) is 5.43 Å². The molecule has 0 bridgehead atoms. The van der Waals surface area contributed by atoms with Crippen LogP contribution in [0.2, 0.25) is 10.0 Å². The van der Waals surface area contributed by atoms with Gasteiger partial charge in [0.1, 0.15) is 0 Å². The molecule has 0 amide bonds. The zero-order valence-corrected chi connectivity index (χ0v) is 12.4. The predicted molar refractivity (Wildman–Crippen MR) is 89.4 cm³/mol. The second-order valence-corrected chi connectivity index (χ2v) is 5.27. The molecule has 0 aliphatic heterocycles. The summed E-state index contributed by atoms with van der Waals surface area (Å²) in [5.41, 5.74) is 5.38. The summed E-state index contributed by atoms with van der Waals surface area (Å²) >= 11 is 12.2. The van der Waals surface area contributed by atoms with E-state index in [-0.39, 0.29) is 0 Å². The van der Waals surface area contributed by atoms with Gasteiger partial charge in [0.25, 0.3) is 0 Å². The van der Waals surface area contributed by atoms with Crippen molar-refractivity contribution < 1.29 is 0 Å². The molecule has 0 spiro atoms. The van der Waals surface area contributed by atoms with Crippen LogP contribution in [-0.4, -0.2) is 11.2 Å². The zero-order valence-electron chi connectivity index (χ0n) is 10.9. The van der Waals surface area contributed by atoms with E-state index in [1.54, 1.807) is 12.4 Å². The highest BCUT2D eigenvalue weighted by atomic mass is 35.5. The van der Waals surface area contributed by atoms with E-state index < -0.39 is 0 Å². The Labute approximate surface area is 132 Å². The fraction of sp³-hybridized carbons (Fsp3) is 0. The fourth-order valence-corrected chi connectivity index (χ4v) is 2.35. The molecular weight excluding hydrogens is 305 g/mol. The summed E-state index contributed by atoms with van der Waals surface area (Å²) < 4.78 is 0. The molecule has 1 heterocycles. The van der Waals surface area contributed by atoms with E-state index in [9.17, 15) is 0 Å². The zero-order chi connectivity index (χ0) is 14.7. The molecule has 1 aromatic heterocycles. The Kier molecular flexibility index (Phi) is 4.04. The van der Waals surface area contributed by atoms with Gasteiger partial charge in [0.15, 0.2) is 0 Å². The molecule has 1 N–H and O–H groups in total. The molecule has 0 aliphatic rings. The minimum atomic E-state index is 0.593. The van der Waals surface area contributed by atoms with Gasteiger partial charge in [-0.2, -0.15) is 5.10 Å². The van der Waals surface area contributed by atoms with E-state index in [0.717, 1.165) is 22.2 Å². The monoisotopic (exact) mass is 315 g/mol. The number of anilines is 1. The van der Waals surface area contributed by atoms with Crippen molar-refractivity contribution in [3.63, 3.8) is 0 Å². The molecule has 3 rings (SSSR count). The third-order valence-electron chi connectivity index (χ3n) is 2.97. The number of pyridine rings is 1. The van der Waals surface area contributed by atoms with Gasteiger partial charge in [0, 0.05) is 17.1 Å². The molecule has 0 fully saturated rings. The van der Waals surface area contributed by atoms with Crippen molar-refractivity contribution in [1.82, 2.24) is 4.98 Å². The maximum Gasteiger partial charge on any atom is 0.0806 e. The molecule has 21 heavy (non-hydrogen) atoms. The molecular formula is C16H11Cl2N3. The van der Waals surface area contributed by atoms with Crippen LogP contribution in [0.5, 0.6) is 0 Å². The molecule has 104 valence electrons. The largest absolute Gasteiger partial charge is 0.279 e. The third kappa shape index (κ3) is 3.15. The highest BCUT2D eigenvalue weighted by Crippen LogP contribution is 2.25. The van der Waals surface area contributed by atoms with E-state index >= 15 is 0 Å². The van der Waals surface area contributed by atoms with Crippen molar-refractivity contribution in [2.24, 2.45) is 5.10 Å². The smallest absolute Gasteiger partial charge is 0.0806 e. The number of nitrogens with one attached hydrogen (secondary N) is 1. The lowest BCUT2D eigenvalue weighted by Gasteiger charge is -2.04. The lowest BCUT2D eigenvalue weighted by Crippen LogP contribution is -1.93. The van der Waals surface area contributed by atoms with Crippen molar-refractivity contribution in [2.45, 2.75) is 0 Å². The van der Waals surface area contributed by atoms with Gasteiger partial charge >= 0.3 is 0 Å². The number of para-hydroxylation sites is 1. The molecule has 3 aromatic rings. The second-order valence-electron chi connectivity index (χ2n) is 4.42. The minimum absolute atomic E-state index is 0.593. The first-order valence-electron chi connectivity index (χ1n) is 6.32. The lowest BCUT2D eigenvalue weighted by molar-refractivity contribution is 1.35. The standard InChI is InChI=1S/C16H11Cl2N3/c17-12-8-11-6-7-15(18)14(16(11)19-9-12)10-20-21-13-4-2-1-3-5-13/h1-10,21H. The molecule has 0 radical (unpaired) electrons. The molecule has 0 saturated heterocycles. The number of hydrogen-bond acceptors (Lipinski definition) is 3. The lowest BCUT2D eigenvalue weighted by atomic mass is 10.1. The number of hydrogen-bond donors (Lipinski definition) is 1. The Morgan fingerprint density at radius 2 is 1.86 bits per heavy atom. The summed E-state index contributed by atoms with van der Waals surface area (Å²) in [6.45, 7) is 0. The first kappa shape index (κ1) is 13.9. The quantitative estimate of drug-likeness (QED) is 0.546. The Balaban J connectivity index is 1.94. The highest BCUT2D eigenvalue weighted by Gasteiger charge is 2.06. The van der Waals surface area contributed by atoms with Crippen LogP contribution in [0.1, 0.15) is 5.56 Å². The van der Waals surface area contributed by atoms with Gasteiger partial charge in [-0.05, 0) is 24.3 Å². The molecule has 0 aliphatic carbocycles. The van der Waals surface area contributed by atoms with Crippen LogP contribution < -0.4 is 5.43 Å². The average Bonchev–Trinajstić information content (AvgIpc) is 2.50. The van der Waals surface area contributed by atoms with Crippen LogP contribution in [0.4, 0.5) is 5.69 Å². The Bertz CT molecular complexity index is 801. The summed E-state index contributed by atoms with van der Waals surface area (Å²) in [6, 6.07) is 15.2. The number of halogens is 2. The topological polar surface area (TPSA) is 37.3 Å². The van der Waals surface area contributed by atoms with Crippen LogP contribution in [0.15, 0.2) is 59.8 Å². The second kappa shape index (κ2) is 6.12. The van der Waals surface area contributed by atoms with Crippen molar-refractivity contribution in [3.05, 3.63) is 70.3 Å². The number of benzene rings is 2. The molecule has 0 unspecified atom stereocenters. The van der Waals surface area contributed by atoms with Crippen molar-refractivity contribution >= 4 is 46.0 Å². The first-order valence-corrected chi connectivity index (χ1v) is 7.07. The maximum atomic E-state index is 6.23. The van der Waals surface area contributed by atoms with E-state index in [1.807, 2.05) is 48.5 Å². The van der Waals surface area contributed by atoms with Crippen LogP contribution in [0, 0.1) is 0 Å². The Hall–Kier alpha value is -2.10. The summed E-state index contributed by atoms with van der Waals surface area (Å²) in [5.74, 6) is 0. The van der Waals surface area contributed by atoms with Gasteiger partial charge in [-0.3, -0.25) is 10.4 Å². The summed E-state index contributed by atoms with van der Waals surface area (Å²) in [5, 5.41) is 6.32.